The normalized spacial score (nSPS) is 11.4. The minimum Gasteiger partial charge on any atom is -0.496 e. The quantitative estimate of drug-likeness (QED) is 0.774. The van der Waals surface area contributed by atoms with Gasteiger partial charge < -0.3 is 24.6 Å². The maximum atomic E-state index is 11.2. The van der Waals surface area contributed by atoms with E-state index >= 15 is 0 Å². The van der Waals surface area contributed by atoms with Crippen LogP contribution in [-0.4, -0.2) is 44.4 Å². The fourth-order valence-electron chi connectivity index (χ4n) is 1.93. The molecule has 0 saturated carbocycles. The van der Waals surface area contributed by atoms with Crippen LogP contribution < -0.4 is 19.5 Å². The summed E-state index contributed by atoms with van der Waals surface area (Å²) >= 11 is 0. The van der Waals surface area contributed by atoms with Gasteiger partial charge in [0.05, 0.1) is 21.3 Å². The molecule has 0 aliphatic carbocycles. The van der Waals surface area contributed by atoms with Crippen molar-refractivity contribution in [3.05, 3.63) is 17.7 Å². The average molecular weight is 297 g/mol. The van der Waals surface area contributed by atoms with Crippen molar-refractivity contribution in [1.82, 2.24) is 5.32 Å². The summed E-state index contributed by atoms with van der Waals surface area (Å²) in [6.45, 7) is 1.26. The third-order valence-corrected chi connectivity index (χ3v) is 2.90. The Morgan fingerprint density at radius 1 is 1.14 bits per heavy atom. The second-order valence-corrected chi connectivity index (χ2v) is 4.31. The Balaban J connectivity index is 3.20. The fourth-order valence-corrected chi connectivity index (χ4v) is 1.93. The number of carbonyl (C=O) groups excluding carboxylic acids is 1. The molecule has 21 heavy (non-hydrogen) atoms. The van der Waals surface area contributed by atoms with Crippen LogP contribution in [0.5, 0.6) is 17.2 Å². The van der Waals surface area contributed by atoms with E-state index in [0.29, 0.717) is 22.8 Å². The molecule has 1 amide bonds. The van der Waals surface area contributed by atoms with E-state index in [1.54, 1.807) is 12.1 Å². The Hall–Kier alpha value is -2.44. The van der Waals surface area contributed by atoms with Gasteiger partial charge in [0.25, 0.3) is 0 Å². The number of rotatable bonds is 7. The third kappa shape index (κ3) is 4.27. The van der Waals surface area contributed by atoms with Crippen LogP contribution in [0.2, 0.25) is 0 Å². The van der Waals surface area contributed by atoms with Gasteiger partial charge in [-0.25, -0.2) is 4.79 Å². The van der Waals surface area contributed by atoms with Gasteiger partial charge in [-0.2, -0.15) is 0 Å². The van der Waals surface area contributed by atoms with Crippen molar-refractivity contribution in [1.29, 1.82) is 0 Å². The second kappa shape index (κ2) is 7.37. The lowest BCUT2D eigenvalue weighted by atomic mass is 10.0. The van der Waals surface area contributed by atoms with Crippen LogP contribution >= 0.6 is 0 Å². The molecular formula is C14H19NO6. The summed E-state index contributed by atoms with van der Waals surface area (Å²) in [5, 5.41) is 11.6. The maximum Gasteiger partial charge on any atom is 0.326 e. The molecule has 0 aliphatic heterocycles. The van der Waals surface area contributed by atoms with Gasteiger partial charge in [-0.05, 0) is 0 Å². The summed E-state index contributed by atoms with van der Waals surface area (Å²) in [6, 6.07) is 2.19. The van der Waals surface area contributed by atoms with Crippen LogP contribution in [0.4, 0.5) is 0 Å². The number of methoxy groups -OCH3 is 3. The van der Waals surface area contributed by atoms with Gasteiger partial charge >= 0.3 is 5.97 Å². The number of carboxylic acids is 1. The van der Waals surface area contributed by atoms with Gasteiger partial charge in [0, 0.05) is 31.0 Å². The predicted molar refractivity (Wildman–Crippen MR) is 75.0 cm³/mol. The van der Waals surface area contributed by atoms with E-state index in [9.17, 15) is 14.7 Å². The monoisotopic (exact) mass is 297 g/mol. The first-order chi connectivity index (χ1) is 9.92. The molecule has 1 unspecified atom stereocenters. The molecule has 0 bridgehead atoms. The van der Waals surface area contributed by atoms with Gasteiger partial charge in [-0.15, -0.1) is 0 Å². The summed E-state index contributed by atoms with van der Waals surface area (Å²) in [7, 11) is 4.43. The van der Waals surface area contributed by atoms with E-state index in [4.69, 9.17) is 14.2 Å². The number of amides is 1. The number of carboxylic acid groups (broad SMARTS) is 1. The number of nitrogens with one attached hydrogen (secondary N) is 1. The number of hydrogen-bond donors (Lipinski definition) is 2. The molecule has 116 valence electrons. The zero-order chi connectivity index (χ0) is 16.0. The highest BCUT2D eigenvalue weighted by Crippen LogP contribution is 2.34. The Kier molecular flexibility index (Phi) is 5.83. The lowest BCUT2D eigenvalue weighted by molar-refractivity contribution is -0.141. The molecule has 1 aromatic rings. The molecule has 1 rings (SSSR count). The molecule has 2 N–H and O–H groups in total. The van der Waals surface area contributed by atoms with Gasteiger partial charge in [0.2, 0.25) is 5.91 Å². The van der Waals surface area contributed by atoms with Crippen molar-refractivity contribution >= 4 is 11.9 Å². The lowest BCUT2D eigenvalue weighted by Crippen LogP contribution is -2.41. The standard InChI is InChI=1S/C14H19NO6/c1-8(16)15-11(14(17)18)7-10-12(20-3)5-9(19-2)6-13(10)21-4/h5-6,11H,7H2,1-4H3,(H,15,16)(H,17,18). The summed E-state index contributed by atoms with van der Waals surface area (Å²) in [5.41, 5.74) is 0.543. The van der Waals surface area contributed by atoms with E-state index in [-0.39, 0.29) is 6.42 Å². The SMILES string of the molecule is COc1cc(OC)c(CC(NC(C)=O)C(=O)O)c(OC)c1. The molecule has 1 atom stereocenters. The Labute approximate surface area is 122 Å². The minimum absolute atomic E-state index is 0.0330. The highest BCUT2D eigenvalue weighted by atomic mass is 16.5. The highest BCUT2D eigenvalue weighted by molar-refractivity contribution is 5.82. The van der Waals surface area contributed by atoms with Crippen LogP contribution in [0, 0.1) is 0 Å². The predicted octanol–water partition coefficient (Wildman–Crippen LogP) is 0.844. The van der Waals surface area contributed by atoms with Crippen LogP contribution in [0.3, 0.4) is 0 Å². The highest BCUT2D eigenvalue weighted by Gasteiger charge is 2.24. The lowest BCUT2D eigenvalue weighted by Gasteiger charge is -2.18. The largest absolute Gasteiger partial charge is 0.496 e. The molecule has 0 fully saturated rings. The average Bonchev–Trinajstić information content (AvgIpc) is 2.45. The summed E-state index contributed by atoms with van der Waals surface area (Å²) in [5.74, 6) is -0.163. The molecule has 7 nitrogen and oxygen atoms in total. The number of aliphatic carboxylic acids is 1. The van der Waals surface area contributed by atoms with E-state index < -0.39 is 17.9 Å². The zero-order valence-electron chi connectivity index (χ0n) is 12.4. The first-order valence-electron chi connectivity index (χ1n) is 6.21. The number of carbonyl (C=O) groups is 2. The Bertz CT molecular complexity index is 503. The van der Waals surface area contributed by atoms with Crippen molar-refractivity contribution in [2.75, 3.05) is 21.3 Å². The number of ether oxygens (including phenoxy) is 3. The smallest absolute Gasteiger partial charge is 0.326 e. The number of hydrogen-bond acceptors (Lipinski definition) is 5. The minimum atomic E-state index is -1.13. The van der Waals surface area contributed by atoms with Crippen molar-refractivity contribution in [2.45, 2.75) is 19.4 Å². The van der Waals surface area contributed by atoms with Gasteiger partial charge in [0.15, 0.2) is 0 Å². The zero-order valence-corrected chi connectivity index (χ0v) is 12.4. The maximum absolute atomic E-state index is 11.2. The molecule has 0 spiro atoms. The molecular weight excluding hydrogens is 278 g/mol. The van der Waals surface area contributed by atoms with Crippen molar-refractivity contribution in [3.63, 3.8) is 0 Å². The Morgan fingerprint density at radius 2 is 1.67 bits per heavy atom. The van der Waals surface area contributed by atoms with Crippen molar-refractivity contribution in [2.24, 2.45) is 0 Å². The topological polar surface area (TPSA) is 94.1 Å². The molecule has 7 heteroatoms. The first-order valence-corrected chi connectivity index (χ1v) is 6.21. The van der Waals surface area contributed by atoms with Crippen molar-refractivity contribution < 1.29 is 28.9 Å². The van der Waals surface area contributed by atoms with Gasteiger partial charge in [-0.1, -0.05) is 0 Å². The first kappa shape index (κ1) is 16.6. The molecule has 0 heterocycles. The van der Waals surface area contributed by atoms with Crippen LogP contribution in [0.15, 0.2) is 12.1 Å². The van der Waals surface area contributed by atoms with Crippen LogP contribution in [-0.2, 0) is 16.0 Å². The van der Waals surface area contributed by atoms with Crippen LogP contribution in [0.25, 0.3) is 0 Å². The van der Waals surface area contributed by atoms with Gasteiger partial charge in [0.1, 0.15) is 23.3 Å². The van der Waals surface area contributed by atoms with E-state index in [0.717, 1.165) is 0 Å². The molecule has 0 saturated heterocycles. The van der Waals surface area contributed by atoms with Crippen molar-refractivity contribution in [3.8, 4) is 17.2 Å². The van der Waals surface area contributed by atoms with Gasteiger partial charge in [-0.3, -0.25) is 4.79 Å². The molecule has 1 aromatic carbocycles. The summed E-state index contributed by atoms with van der Waals surface area (Å²) < 4.78 is 15.6. The van der Waals surface area contributed by atoms with E-state index in [1.165, 1.54) is 28.3 Å². The summed E-state index contributed by atoms with van der Waals surface area (Å²) in [6.07, 6.45) is 0.0330. The Morgan fingerprint density at radius 3 is 2.00 bits per heavy atom. The van der Waals surface area contributed by atoms with E-state index in [2.05, 4.69) is 5.32 Å². The van der Waals surface area contributed by atoms with Crippen LogP contribution in [0.1, 0.15) is 12.5 Å². The molecule has 0 aliphatic rings. The molecule has 0 radical (unpaired) electrons. The third-order valence-electron chi connectivity index (χ3n) is 2.90. The fraction of sp³-hybridized carbons (Fsp3) is 0.429. The number of benzene rings is 1. The second-order valence-electron chi connectivity index (χ2n) is 4.31. The summed E-state index contributed by atoms with van der Waals surface area (Å²) in [4.78, 5) is 22.3. The molecule has 0 aromatic heterocycles. The van der Waals surface area contributed by atoms with E-state index in [1.807, 2.05) is 0 Å².